The third-order valence-corrected chi connectivity index (χ3v) is 4.86. The van der Waals surface area contributed by atoms with Crippen LogP contribution in [0.15, 0.2) is 71.2 Å². The molecular formula is C21H19BrN2O. The van der Waals surface area contributed by atoms with Gasteiger partial charge in [0.05, 0.1) is 5.52 Å². The largest absolute Gasteiger partial charge is 0.492 e. The Morgan fingerprint density at radius 2 is 1.72 bits per heavy atom. The second-order valence-electron chi connectivity index (χ2n) is 6.02. The Bertz CT molecular complexity index is 1040. The van der Waals surface area contributed by atoms with Gasteiger partial charge >= 0.3 is 0 Å². The van der Waals surface area contributed by atoms with Gasteiger partial charge in [0.2, 0.25) is 0 Å². The second kappa shape index (κ2) is 6.90. The van der Waals surface area contributed by atoms with E-state index in [0.717, 1.165) is 22.2 Å². The van der Waals surface area contributed by atoms with E-state index in [4.69, 9.17) is 10.5 Å². The maximum Gasteiger partial charge on any atom is 0.129 e. The fourth-order valence-electron chi connectivity index (χ4n) is 3.34. The van der Waals surface area contributed by atoms with Crippen molar-refractivity contribution in [3.05, 3.63) is 76.8 Å². The number of hydrogen-bond donors (Lipinski definition) is 1. The Morgan fingerprint density at radius 1 is 0.920 bits per heavy atom. The lowest BCUT2D eigenvalue weighted by molar-refractivity contribution is 0.332. The van der Waals surface area contributed by atoms with Crippen molar-refractivity contribution in [2.45, 2.75) is 6.54 Å². The summed E-state index contributed by atoms with van der Waals surface area (Å²) in [5, 5.41) is 2.36. The first kappa shape index (κ1) is 16.2. The molecule has 0 fully saturated rings. The second-order valence-corrected chi connectivity index (χ2v) is 6.94. The quantitative estimate of drug-likeness (QED) is 0.520. The molecule has 0 radical (unpaired) electrons. The van der Waals surface area contributed by atoms with Crippen molar-refractivity contribution in [3.8, 4) is 5.75 Å². The highest BCUT2D eigenvalue weighted by Gasteiger charge is 2.14. The molecule has 0 aliphatic heterocycles. The van der Waals surface area contributed by atoms with E-state index >= 15 is 0 Å². The molecule has 0 saturated carbocycles. The van der Waals surface area contributed by atoms with E-state index in [1.54, 1.807) is 0 Å². The van der Waals surface area contributed by atoms with Gasteiger partial charge in [0.1, 0.15) is 12.4 Å². The minimum atomic E-state index is 0.507. The van der Waals surface area contributed by atoms with E-state index in [1.807, 2.05) is 18.2 Å². The van der Waals surface area contributed by atoms with Crippen molar-refractivity contribution in [1.29, 1.82) is 0 Å². The smallest absolute Gasteiger partial charge is 0.129 e. The van der Waals surface area contributed by atoms with Gasteiger partial charge in [0.25, 0.3) is 0 Å². The van der Waals surface area contributed by atoms with E-state index in [0.29, 0.717) is 13.2 Å². The molecule has 3 aromatic carbocycles. The first-order chi connectivity index (χ1) is 12.3. The number of benzene rings is 3. The highest BCUT2D eigenvalue weighted by molar-refractivity contribution is 9.10. The molecule has 126 valence electrons. The molecule has 0 bridgehead atoms. The maximum absolute atomic E-state index is 5.91. The first-order valence-corrected chi connectivity index (χ1v) is 9.14. The molecule has 3 nitrogen and oxygen atoms in total. The van der Waals surface area contributed by atoms with Crippen LogP contribution in [0.4, 0.5) is 0 Å². The van der Waals surface area contributed by atoms with E-state index in [1.165, 1.54) is 22.0 Å². The number of hydrogen-bond acceptors (Lipinski definition) is 2. The topological polar surface area (TPSA) is 40.2 Å². The van der Waals surface area contributed by atoms with Crippen LogP contribution in [0.1, 0.15) is 5.56 Å². The standard InChI is InChI=1S/C21H19BrN2O/c22-16-6-3-5-15(13-16)14-24-18-8-2-1-7-17(18)21-19(24)9-4-10-20(21)25-12-11-23/h1-10,13H,11-12,14,23H2. The lowest BCUT2D eigenvalue weighted by Gasteiger charge is -2.09. The van der Waals surface area contributed by atoms with E-state index < -0.39 is 0 Å². The van der Waals surface area contributed by atoms with Gasteiger partial charge in [0, 0.05) is 33.9 Å². The monoisotopic (exact) mass is 394 g/mol. The number of nitrogens with two attached hydrogens (primary N) is 1. The Labute approximate surface area is 155 Å². The van der Waals surface area contributed by atoms with E-state index in [9.17, 15) is 0 Å². The molecule has 0 atom stereocenters. The molecule has 4 aromatic rings. The molecule has 25 heavy (non-hydrogen) atoms. The van der Waals surface area contributed by atoms with Crippen molar-refractivity contribution < 1.29 is 4.74 Å². The Kier molecular flexibility index (Phi) is 4.47. The van der Waals surface area contributed by atoms with Crippen molar-refractivity contribution in [3.63, 3.8) is 0 Å². The summed E-state index contributed by atoms with van der Waals surface area (Å²) < 4.78 is 9.36. The van der Waals surface area contributed by atoms with Gasteiger partial charge in [-0.25, -0.2) is 0 Å². The molecule has 4 heteroatoms. The average molecular weight is 395 g/mol. The minimum Gasteiger partial charge on any atom is -0.492 e. The molecule has 1 heterocycles. The third-order valence-electron chi connectivity index (χ3n) is 4.36. The minimum absolute atomic E-state index is 0.507. The van der Waals surface area contributed by atoms with Gasteiger partial charge in [-0.05, 0) is 35.9 Å². The molecular weight excluding hydrogens is 376 g/mol. The molecule has 1 aromatic heterocycles. The van der Waals surface area contributed by atoms with Crippen molar-refractivity contribution >= 4 is 37.7 Å². The van der Waals surface area contributed by atoms with Crippen LogP contribution in [0.2, 0.25) is 0 Å². The molecule has 0 unspecified atom stereocenters. The van der Waals surface area contributed by atoms with E-state index in [2.05, 4.69) is 69.0 Å². The summed E-state index contributed by atoms with van der Waals surface area (Å²) in [6, 6.07) is 23.1. The highest BCUT2D eigenvalue weighted by Crippen LogP contribution is 2.36. The Hall–Kier alpha value is -2.30. The Balaban J connectivity index is 1.93. The fraction of sp³-hybridized carbons (Fsp3) is 0.143. The van der Waals surface area contributed by atoms with Crippen molar-refractivity contribution in [2.24, 2.45) is 5.73 Å². The zero-order valence-electron chi connectivity index (χ0n) is 13.8. The predicted octanol–water partition coefficient (Wildman–Crippen LogP) is 4.94. The molecule has 0 aliphatic carbocycles. The van der Waals surface area contributed by atoms with Crippen molar-refractivity contribution in [1.82, 2.24) is 4.57 Å². The summed E-state index contributed by atoms with van der Waals surface area (Å²) in [5.41, 5.74) is 9.26. The predicted molar refractivity (Wildman–Crippen MR) is 107 cm³/mol. The van der Waals surface area contributed by atoms with Gasteiger partial charge in [0.15, 0.2) is 0 Å². The van der Waals surface area contributed by atoms with Crippen LogP contribution in [-0.4, -0.2) is 17.7 Å². The van der Waals surface area contributed by atoms with Crippen LogP contribution >= 0.6 is 15.9 Å². The van der Waals surface area contributed by atoms with Gasteiger partial charge in [-0.2, -0.15) is 0 Å². The molecule has 0 saturated heterocycles. The SMILES string of the molecule is NCCOc1cccc2c1c1ccccc1n2Cc1cccc(Br)c1. The highest BCUT2D eigenvalue weighted by atomic mass is 79.9. The molecule has 4 rings (SSSR count). The number of rotatable bonds is 5. The fourth-order valence-corrected chi connectivity index (χ4v) is 3.79. The third kappa shape index (κ3) is 3.03. The van der Waals surface area contributed by atoms with Gasteiger partial charge < -0.3 is 15.0 Å². The lowest BCUT2D eigenvalue weighted by atomic mass is 10.1. The number of halogens is 1. The van der Waals surface area contributed by atoms with Crippen LogP contribution in [0.3, 0.4) is 0 Å². The molecule has 0 aliphatic rings. The van der Waals surface area contributed by atoms with Crippen LogP contribution in [0.5, 0.6) is 5.75 Å². The van der Waals surface area contributed by atoms with Crippen LogP contribution in [0, 0.1) is 0 Å². The maximum atomic E-state index is 5.91. The van der Waals surface area contributed by atoms with E-state index in [-0.39, 0.29) is 0 Å². The molecule has 0 spiro atoms. The zero-order valence-corrected chi connectivity index (χ0v) is 15.4. The number of nitrogens with zero attached hydrogens (tertiary/aromatic N) is 1. The summed E-state index contributed by atoms with van der Waals surface area (Å²) in [4.78, 5) is 0. The summed E-state index contributed by atoms with van der Waals surface area (Å²) >= 11 is 3.56. The van der Waals surface area contributed by atoms with Crippen LogP contribution < -0.4 is 10.5 Å². The van der Waals surface area contributed by atoms with Gasteiger partial charge in [-0.3, -0.25) is 0 Å². The summed E-state index contributed by atoms with van der Waals surface area (Å²) in [6.45, 7) is 1.83. The Morgan fingerprint density at radius 3 is 2.56 bits per heavy atom. The van der Waals surface area contributed by atoms with Crippen molar-refractivity contribution in [2.75, 3.05) is 13.2 Å². The average Bonchev–Trinajstić information content (AvgIpc) is 2.95. The number of ether oxygens (including phenoxy) is 1. The lowest BCUT2D eigenvalue weighted by Crippen LogP contribution is -2.10. The summed E-state index contributed by atoms with van der Waals surface area (Å²) in [6.07, 6.45) is 0. The van der Waals surface area contributed by atoms with Crippen LogP contribution in [-0.2, 0) is 6.54 Å². The normalized spacial score (nSPS) is 11.3. The van der Waals surface area contributed by atoms with Crippen LogP contribution in [0.25, 0.3) is 21.8 Å². The molecule has 2 N–H and O–H groups in total. The number of para-hydroxylation sites is 1. The summed E-state index contributed by atoms with van der Waals surface area (Å²) in [5.74, 6) is 0.896. The van der Waals surface area contributed by atoms with Gasteiger partial charge in [-0.1, -0.05) is 52.3 Å². The van der Waals surface area contributed by atoms with Gasteiger partial charge in [-0.15, -0.1) is 0 Å². The zero-order chi connectivity index (χ0) is 17.2. The number of fused-ring (bicyclic) bond motifs is 3. The first-order valence-electron chi connectivity index (χ1n) is 8.35. The summed E-state index contributed by atoms with van der Waals surface area (Å²) in [7, 11) is 0. The molecule has 0 amide bonds. The number of aromatic nitrogens is 1.